The fourth-order valence-corrected chi connectivity index (χ4v) is 2.93. The van der Waals surface area contributed by atoms with Crippen LogP contribution >= 0.6 is 0 Å². The molecule has 0 aliphatic rings. The number of fused-ring (bicyclic) bond motifs is 2. The fraction of sp³-hybridized carbons (Fsp3) is 0.227. The van der Waals surface area contributed by atoms with Crippen LogP contribution in [0.3, 0.4) is 0 Å². The van der Waals surface area contributed by atoms with Crippen molar-refractivity contribution in [2.45, 2.75) is 0 Å². The average Bonchev–Trinajstić information content (AvgIpc) is 2.72. The second-order valence-electron chi connectivity index (χ2n) is 5.81. The maximum atomic E-state index is 11.2. The van der Waals surface area contributed by atoms with Gasteiger partial charge in [-0.05, 0) is 0 Å². The van der Waals surface area contributed by atoms with Gasteiger partial charge in [-0.2, -0.15) is 0 Å². The van der Waals surface area contributed by atoms with Crippen molar-refractivity contribution < 1.29 is 23.7 Å². The fourth-order valence-electron chi connectivity index (χ4n) is 2.93. The van der Waals surface area contributed by atoms with E-state index in [2.05, 4.69) is 6.58 Å². The Hall–Kier alpha value is -3.05. The van der Waals surface area contributed by atoms with Gasteiger partial charge in [0, 0.05) is 34.7 Å². The normalized spacial score (nSPS) is 10.7. The van der Waals surface area contributed by atoms with E-state index in [1.54, 1.807) is 7.11 Å². The Morgan fingerprint density at radius 2 is 1.26 bits per heavy atom. The van der Waals surface area contributed by atoms with Gasteiger partial charge >= 0.3 is 5.97 Å². The summed E-state index contributed by atoms with van der Waals surface area (Å²) in [5.41, 5.74) is 0. The number of hydrogen-bond donors (Lipinski definition) is 0. The third-order valence-electron chi connectivity index (χ3n) is 4.11. The molecule has 0 fully saturated rings. The Bertz CT molecular complexity index is 891. The Labute approximate surface area is 158 Å². The number of carbonyl (C=O) groups is 1. The van der Waals surface area contributed by atoms with Gasteiger partial charge < -0.3 is 18.9 Å². The summed E-state index contributed by atoms with van der Waals surface area (Å²) < 4.78 is 22.2. The van der Waals surface area contributed by atoms with E-state index in [1.165, 1.54) is 0 Å². The molecule has 0 radical (unpaired) electrons. The molecule has 27 heavy (non-hydrogen) atoms. The predicted octanol–water partition coefficient (Wildman–Crippen LogP) is 4.13. The number of esters is 1. The first-order valence-corrected chi connectivity index (χ1v) is 8.73. The molecule has 5 heteroatoms. The van der Waals surface area contributed by atoms with Crippen molar-refractivity contribution in [3.8, 4) is 11.5 Å². The monoisotopic (exact) mass is 366 g/mol. The van der Waals surface area contributed by atoms with E-state index in [-0.39, 0.29) is 13.2 Å². The highest BCUT2D eigenvalue weighted by Crippen LogP contribution is 2.42. The molecule has 3 rings (SSSR count). The quantitative estimate of drug-likeness (QED) is 0.247. The first-order chi connectivity index (χ1) is 13.3. The largest absolute Gasteiger partial charge is 0.490 e. The number of carbonyl (C=O) groups excluding carboxylic acids is 1. The van der Waals surface area contributed by atoms with Crippen LogP contribution in [-0.2, 0) is 14.3 Å². The maximum absolute atomic E-state index is 11.2. The molecule has 3 aromatic carbocycles. The molecule has 0 N–H and O–H groups in total. The van der Waals surface area contributed by atoms with Crippen LogP contribution in [0.4, 0.5) is 0 Å². The molecule has 0 unspecified atom stereocenters. The first kappa shape index (κ1) is 18.7. The number of hydrogen-bond acceptors (Lipinski definition) is 5. The minimum atomic E-state index is -0.463. The van der Waals surface area contributed by atoms with Crippen LogP contribution in [0.2, 0.25) is 0 Å². The number of benzene rings is 3. The minimum Gasteiger partial charge on any atom is -0.490 e. The highest BCUT2D eigenvalue weighted by molar-refractivity contribution is 6.11. The summed E-state index contributed by atoms with van der Waals surface area (Å²) in [5.74, 6) is 1.09. The maximum Gasteiger partial charge on any atom is 0.330 e. The molecule has 0 saturated heterocycles. The van der Waals surface area contributed by atoms with Crippen LogP contribution in [0.15, 0.2) is 61.2 Å². The smallest absolute Gasteiger partial charge is 0.330 e. The Balaban J connectivity index is 2.00. The first-order valence-electron chi connectivity index (χ1n) is 8.73. The highest BCUT2D eigenvalue weighted by atomic mass is 16.6. The van der Waals surface area contributed by atoms with Crippen molar-refractivity contribution in [2.24, 2.45) is 0 Å². The van der Waals surface area contributed by atoms with Crippen LogP contribution in [0.5, 0.6) is 11.5 Å². The van der Waals surface area contributed by atoms with E-state index in [4.69, 9.17) is 18.9 Å². The van der Waals surface area contributed by atoms with Crippen molar-refractivity contribution in [3.05, 3.63) is 61.2 Å². The Morgan fingerprint density at radius 3 is 1.67 bits per heavy atom. The zero-order chi connectivity index (χ0) is 19.1. The van der Waals surface area contributed by atoms with E-state index in [1.807, 2.05) is 48.5 Å². The van der Waals surface area contributed by atoms with E-state index in [0.29, 0.717) is 13.2 Å². The molecule has 5 nitrogen and oxygen atoms in total. The van der Waals surface area contributed by atoms with Gasteiger partial charge in [0.25, 0.3) is 0 Å². The van der Waals surface area contributed by atoms with E-state index >= 15 is 0 Å². The molecule has 0 heterocycles. The average molecular weight is 366 g/mol. The molecule has 0 saturated carbocycles. The summed E-state index contributed by atoms with van der Waals surface area (Å²) in [7, 11) is 1.65. The number of methoxy groups -OCH3 is 1. The lowest BCUT2D eigenvalue weighted by atomic mass is 10.0. The van der Waals surface area contributed by atoms with E-state index in [0.717, 1.165) is 39.1 Å². The molecule has 0 bridgehead atoms. The lowest BCUT2D eigenvalue weighted by molar-refractivity contribution is -0.138. The molecule has 0 atom stereocenters. The summed E-state index contributed by atoms with van der Waals surface area (Å²) in [4.78, 5) is 11.2. The molecule has 0 aliphatic heterocycles. The van der Waals surface area contributed by atoms with Gasteiger partial charge in [0.05, 0.1) is 6.61 Å². The molecule has 3 aromatic rings. The van der Waals surface area contributed by atoms with Gasteiger partial charge in [0.15, 0.2) is 0 Å². The van der Waals surface area contributed by atoms with Gasteiger partial charge in [0.2, 0.25) is 0 Å². The summed E-state index contributed by atoms with van der Waals surface area (Å²) in [5, 5.41) is 3.81. The van der Waals surface area contributed by atoms with Crippen LogP contribution in [-0.4, -0.2) is 39.5 Å². The number of rotatable bonds is 9. The topological polar surface area (TPSA) is 54.0 Å². The van der Waals surface area contributed by atoms with Crippen molar-refractivity contribution in [3.63, 3.8) is 0 Å². The number of ether oxygens (including phenoxy) is 4. The van der Waals surface area contributed by atoms with Crippen LogP contribution < -0.4 is 9.47 Å². The Morgan fingerprint density at radius 1 is 0.815 bits per heavy atom. The van der Waals surface area contributed by atoms with Gasteiger partial charge in [-0.3, -0.25) is 0 Å². The van der Waals surface area contributed by atoms with Crippen molar-refractivity contribution >= 4 is 27.5 Å². The zero-order valence-corrected chi connectivity index (χ0v) is 15.3. The molecule has 0 spiro atoms. The molecule has 0 aromatic heterocycles. The lowest BCUT2D eigenvalue weighted by Crippen LogP contribution is -2.11. The molecular weight excluding hydrogens is 344 g/mol. The molecule has 0 amide bonds. The van der Waals surface area contributed by atoms with Gasteiger partial charge in [-0.15, -0.1) is 0 Å². The van der Waals surface area contributed by atoms with E-state index in [9.17, 15) is 4.79 Å². The standard InChI is InChI=1S/C22H22O5/c1-3-20(23)25-14-15-27-22-18-10-6-4-8-16(18)21(26-13-12-24-2)17-9-5-7-11-19(17)22/h3-11H,1,12-15H2,2H3. The third-order valence-corrected chi connectivity index (χ3v) is 4.11. The second-order valence-corrected chi connectivity index (χ2v) is 5.81. The molecule has 0 aliphatic carbocycles. The summed E-state index contributed by atoms with van der Waals surface area (Å²) in [6.45, 7) is 4.75. The van der Waals surface area contributed by atoms with Crippen molar-refractivity contribution in [1.29, 1.82) is 0 Å². The van der Waals surface area contributed by atoms with Crippen molar-refractivity contribution in [1.82, 2.24) is 0 Å². The van der Waals surface area contributed by atoms with Crippen molar-refractivity contribution in [2.75, 3.05) is 33.5 Å². The van der Waals surface area contributed by atoms with Crippen LogP contribution in [0, 0.1) is 0 Å². The SMILES string of the molecule is C=CC(=O)OCCOc1c2ccccc2c(OCCOC)c2ccccc12. The van der Waals surface area contributed by atoms with Gasteiger partial charge in [-0.1, -0.05) is 55.1 Å². The highest BCUT2D eigenvalue weighted by Gasteiger charge is 2.15. The predicted molar refractivity (Wildman–Crippen MR) is 105 cm³/mol. The minimum absolute atomic E-state index is 0.152. The third kappa shape index (κ3) is 4.20. The van der Waals surface area contributed by atoms with Crippen LogP contribution in [0.25, 0.3) is 21.5 Å². The molecular formula is C22H22O5. The zero-order valence-electron chi connectivity index (χ0n) is 15.3. The summed E-state index contributed by atoms with van der Waals surface area (Å²) in [6, 6.07) is 15.9. The summed E-state index contributed by atoms with van der Waals surface area (Å²) in [6.07, 6.45) is 1.14. The Kier molecular flexibility index (Phi) is 6.28. The second kappa shape index (κ2) is 9.05. The van der Waals surface area contributed by atoms with Gasteiger partial charge in [0.1, 0.15) is 31.3 Å². The van der Waals surface area contributed by atoms with Crippen LogP contribution in [0.1, 0.15) is 0 Å². The molecule has 140 valence electrons. The van der Waals surface area contributed by atoms with Gasteiger partial charge in [-0.25, -0.2) is 4.79 Å². The van der Waals surface area contributed by atoms with E-state index < -0.39 is 5.97 Å². The lowest BCUT2D eigenvalue weighted by Gasteiger charge is -2.17. The summed E-state index contributed by atoms with van der Waals surface area (Å²) >= 11 is 0.